The average molecular weight is 1380 g/mol. The number of anilines is 2. The van der Waals surface area contributed by atoms with Crippen molar-refractivity contribution in [1.29, 1.82) is 0 Å². The molecule has 5 aromatic rings. The van der Waals surface area contributed by atoms with E-state index in [4.69, 9.17) is 49.8 Å². The predicted octanol–water partition coefficient (Wildman–Crippen LogP) is 13.0. The number of nitrogens with zero attached hydrogens (tertiary/aromatic N) is 10. The van der Waals surface area contributed by atoms with Gasteiger partial charge in [-0.3, -0.25) is 19.4 Å². The van der Waals surface area contributed by atoms with Crippen molar-refractivity contribution in [2.45, 2.75) is 229 Å². The van der Waals surface area contributed by atoms with Gasteiger partial charge in [0.25, 0.3) is 0 Å². The molecule has 5 heterocycles. The van der Waals surface area contributed by atoms with Gasteiger partial charge in [0, 0.05) is 59.3 Å². The third-order valence-electron chi connectivity index (χ3n) is 14.9. The molecule has 0 radical (unpaired) electrons. The standard InChI is InChI=1S/C20H27N5O.C15H23ClN4O.C8H8Cl2N2.C7H16N2O.C5H4N.3C4H9.Sn/c1-20(2,3)24-17(26)13-25(4)19-14-9-5-6-10-15(14)22-18(23-19)16-11-7-8-12-21-16;1-15(2,3)19-12(21)9-20(4)13-10-7-5-6-8-11(10)17-14(16)18-13;9-7-5-3-1-2-4-6(5)11-8(10)12-7;1-7(2,3)9-6(10)5-8-4;1-2-4-6-5-3-1;3*1-3-4-2;/h7-8,11-12H,5-6,9-10,13H2,1-4H3,(H,24,26);5-9H2,1-4H3,(H,19,21);1-4H2;8H,5H2,1-4H3,(H,9,10);1-4H;3*1,3-4H2,2H3;. The van der Waals surface area contributed by atoms with E-state index in [9.17, 15) is 14.4 Å². The molecular weight excluding hydrogens is 1270 g/mol. The summed E-state index contributed by atoms with van der Waals surface area (Å²) < 4.78 is 6.10. The van der Waals surface area contributed by atoms with Crippen LogP contribution in [0.4, 0.5) is 11.6 Å². The molecule has 0 unspecified atom stereocenters. The summed E-state index contributed by atoms with van der Waals surface area (Å²) in [5, 5.41) is 12.6. The number of halogens is 3. The number of rotatable bonds is 19. The monoisotopic (exact) mass is 1380 g/mol. The third kappa shape index (κ3) is 26.9. The van der Waals surface area contributed by atoms with Crippen LogP contribution in [0.2, 0.25) is 29.0 Å². The molecule has 88 heavy (non-hydrogen) atoms. The smallest absolute Gasteiger partial charge is 0.239 e. The molecule has 3 aliphatic carbocycles. The molecule has 17 nitrogen and oxygen atoms in total. The molecule has 8 rings (SSSR count). The number of carbonyl (C=O) groups excluding carboxylic acids is 3. The molecule has 0 spiro atoms. The maximum atomic E-state index is 12.4. The predicted molar refractivity (Wildman–Crippen MR) is 367 cm³/mol. The Hall–Kier alpha value is -4.82. The molecule has 0 aromatic carbocycles. The van der Waals surface area contributed by atoms with Gasteiger partial charge in [-0.25, -0.2) is 29.9 Å². The van der Waals surface area contributed by atoms with Gasteiger partial charge in [0.2, 0.25) is 28.3 Å². The van der Waals surface area contributed by atoms with E-state index in [0.29, 0.717) is 17.5 Å². The normalized spacial score (nSPS) is 13.5. The van der Waals surface area contributed by atoms with Crippen molar-refractivity contribution in [3.8, 4) is 11.5 Å². The van der Waals surface area contributed by atoms with Gasteiger partial charge in [-0.1, -0.05) is 17.7 Å². The molecule has 0 saturated heterocycles. The molecule has 4 N–H and O–H groups in total. The van der Waals surface area contributed by atoms with Gasteiger partial charge in [-0.05, 0) is 182 Å². The van der Waals surface area contributed by atoms with E-state index in [2.05, 4.69) is 85.2 Å². The van der Waals surface area contributed by atoms with Crippen LogP contribution < -0.4 is 34.8 Å². The first-order valence-electron chi connectivity index (χ1n) is 32.1. The minimum atomic E-state index is -2.21. The Kier molecular flexibility index (Phi) is 32.2. The van der Waals surface area contributed by atoms with Gasteiger partial charge in [-0.2, -0.15) is 0 Å². The molecule has 3 amide bonds. The maximum absolute atomic E-state index is 12.4. The van der Waals surface area contributed by atoms with E-state index in [0.717, 1.165) is 110 Å². The van der Waals surface area contributed by atoms with E-state index in [-0.39, 0.29) is 58.0 Å². The maximum Gasteiger partial charge on any atom is 0.239 e. The van der Waals surface area contributed by atoms with E-state index < -0.39 is 18.4 Å². The van der Waals surface area contributed by atoms with Crippen LogP contribution in [0.1, 0.15) is 194 Å². The first-order valence-corrected chi connectivity index (χ1v) is 40.7. The van der Waals surface area contributed by atoms with Crippen LogP contribution in [-0.2, 0) is 52.9 Å². The third-order valence-corrected chi connectivity index (χ3v) is 30.7. The van der Waals surface area contributed by atoms with Crippen molar-refractivity contribution in [2.24, 2.45) is 0 Å². The number of aryl methyl sites for hydroxylation is 3. The largest absolute Gasteiger partial charge is 0.350 e. The first kappa shape index (κ1) is 75.6. The van der Waals surface area contributed by atoms with Crippen molar-refractivity contribution in [1.82, 2.24) is 61.1 Å². The molecule has 0 aliphatic heterocycles. The second kappa shape index (κ2) is 37.5. The fraction of sp³-hybridized carbons (Fsp3) is 0.627. The van der Waals surface area contributed by atoms with Gasteiger partial charge < -0.3 is 31.1 Å². The van der Waals surface area contributed by atoms with Gasteiger partial charge in [0.1, 0.15) is 22.5 Å². The number of fused-ring (bicyclic) bond motifs is 3. The number of carbonyl (C=O) groups is 3. The van der Waals surface area contributed by atoms with Crippen LogP contribution in [0.5, 0.6) is 0 Å². The zero-order valence-electron chi connectivity index (χ0n) is 55.9. The molecule has 21 heteroatoms. The first-order chi connectivity index (χ1) is 41.6. The van der Waals surface area contributed by atoms with Crippen molar-refractivity contribution in [3.05, 3.63) is 98.3 Å². The molecule has 0 atom stereocenters. The number of aromatic nitrogens is 8. The Morgan fingerprint density at radius 2 is 0.920 bits per heavy atom. The van der Waals surface area contributed by atoms with Crippen molar-refractivity contribution in [3.63, 3.8) is 0 Å². The fourth-order valence-electron chi connectivity index (χ4n) is 11.0. The quantitative estimate of drug-likeness (QED) is 0.0345. The van der Waals surface area contributed by atoms with Crippen LogP contribution in [0.15, 0.2) is 48.8 Å². The number of hydrogen-bond donors (Lipinski definition) is 4. The van der Waals surface area contributed by atoms with Crippen molar-refractivity contribution >= 4 is 86.2 Å². The Balaban J connectivity index is 0.000000244. The Morgan fingerprint density at radius 3 is 1.35 bits per heavy atom. The van der Waals surface area contributed by atoms with Crippen LogP contribution in [0.25, 0.3) is 11.5 Å². The van der Waals surface area contributed by atoms with Crippen LogP contribution in [-0.4, -0.2) is 133 Å². The Labute approximate surface area is 547 Å². The van der Waals surface area contributed by atoms with E-state index in [1.54, 1.807) is 17.0 Å². The second-order valence-corrected chi connectivity index (χ2v) is 40.6. The van der Waals surface area contributed by atoms with Crippen molar-refractivity contribution in [2.75, 3.05) is 50.6 Å². The summed E-state index contributed by atoms with van der Waals surface area (Å²) in [6.07, 6.45) is 24.7. The minimum absolute atomic E-state index is 0.0115. The molecule has 5 aromatic heterocycles. The van der Waals surface area contributed by atoms with Crippen LogP contribution in [0, 0.1) is 0 Å². The van der Waals surface area contributed by atoms with E-state index >= 15 is 0 Å². The zero-order valence-corrected chi connectivity index (χ0v) is 61.0. The Bertz CT molecular complexity index is 2920. The number of amides is 3. The zero-order chi connectivity index (χ0) is 65.1. The topological polar surface area (TPSA) is 209 Å². The number of pyridine rings is 2. The summed E-state index contributed by atoms with van der Waals surface area (Å²) in [5.74, 6) is 2.26. The van der Waals surface area contributed by atoms with E-state index in [1.807, 2.05) is 111 Å². The van der Waals surface area contributed by atoms with Gasteiger partial charge >= 0.3 is 124 Å². The van der Waals surface area contributed by atoms with Crippen molar-refractivity contribution < 1.29 is 14.4 Å². The molecular formula is C67H105Cl3N14O3Sn. The average Bonchev–Trinajstić information content (AvgIpc) is 1.84. The molecule has 3 aliphatic rings. The molecule has 0 bridgehead atoms. The SMILES string of the molecule is CCC[CH2][Sn]([CH2]CCC)([CH2]CCC)[c]1ccccn1.CN(CC(=O)NC(C)(C)C)c1nc(-c2ccccn2)nc2c1CCCC2.CN(CC(=O)NC(C)(C)C)c1nc(Cl)nc2c1CCCC2.CNCC(=O)NC(C)(C)C.Clc1nc(Cl)c2c(n1)CCCC2. The summed E-state index contributed by atoms with van der Waals surface area (Å²) >= 11 is 15.4. The summed E-state index contributed by atoms with van der Waals surface area (Å²) in [7, 11) is 5.54. The molecule has 0 fully saturated rings. The second-order valence-electron chi connectivity index (χ2n) is 26.5. The number of likely N-dealkylation sites (N-methyl/N-ethyl adjacent to an activating group) is 3. The van der Waals surface area contributed by atoms with E-state index in [1.165, 1.54) is 70.2 Å². The molecule has 486 valence electrons. The summed E-state index contributed by atoms with van der Waals surface area (Å²) in [6.45, 7) is 25.6. The number of hydrogen-bond acceptors (Lipinski definition) is 14. The minimum Gasteiger partial charge on any atom is -0.350 e. The van der Waals surface area contributed by atoms with Crippen LogP contribution in [0.3, 0.4) is 0 Å². The van der Waals surface area contributed by atoms with Gasteiger partial charge in [0.15, 0.2) is 5.82 Å². The van der Waals surface area contributed by atoms with Gasteiger partial charge in [-0.15, -0.1) is 0 Å². The fourth-order valence-corrected chi connectivity index (χ4v) is 27.1. The number of nitrogens with one attached hydrogen (secondary N) is 4. The van der Waals surface area contributed by atoms with Gasteiger partial charge in [0.05, 0.1) is 31.0 Å². The number of unbranched alkanes of at least 4 members (excludes halogenated alkanes) is 3. The van der Waals surface area contributed by atoms with Crippen LogP contribution >= 0.6 is 34.8 Å². The summed E-state index contributed by atoms with van der Waals surface area (Å²) in [4.78, 5) is 74.5. The Morgan fingerprint density at radius 1 is 0.511 bits per heavy atom. The summed E-state index contributed by atoms with van der Waals surface area (Å²) in [5.41, 5.74) is 6.70. The molecule has 0 saturated carbocycles. The summed E-state index contributed by atoms with van der Waals surface area (Å²) in [6, 6.07) is 12.4.